The van der Waals surface area contributed by atoms with Crippen molar-refractivity contribution < 1.29 is 23.4 Å². The van der Waals surface area contributed by atoms with E-state index in [2.05, 4.69) is 25.6 Å². The Balaban J connectivity index is 0.00000243. The second-order valence-electron chi connectivity index (χ2n) is 5.76. The number of aromatic nitrogens is 2. The Bertz CT molecular complexity index is 744. The van der Waals surface area contributed by atoms with Crippen molar-refractivity contribution in [2.75, 3.05) is 19.6 Å². The van der Waals surface area contributed by atoms with Crippen LogP contribution in [0.5, 0.6) is 5.75 Å². The molecular weight excluding hydrogens is 370 g/mol. The second-order valence-corrected chi connectivity index (χ2v) is 5.76. The third-order valence-corrected chi connectivity index (χ3v) is 4.06. The van der Waals surface area contributed by atoms with Crippen molar-refractivity contribution in [3.63, 3.8) is 0 Å². The molecule has 1 saturated heterocycles. The van der Waals surface area contributed by atoms with Gasteiger partial charge in [-0.15, -0.1) is 12.4 Å². The van der Waals surface area contributed by atoms with Gasteiger partial charge in [0, 0.05) is 31.1 Å². The molecule has 0 bridgehead atoms. The molecule has 1 fully saturated rings. The first kappa shape index (κ1) is 20.1. The molecule has 0 radical (unpaired) electrons. The zero-order valence-electron chi connectivity index (χ0n) is 13.6. The summed E-state index contributed by atoms with van der Waals surface area (Å²) in [7, 11) is 0. The summed E-state index contributed by atoms with van der Waals surface area (Å²) in [5.41, 5.74) is 1.19. The van der Waals surface area contributed by atoms with Gasteiger partial charge in [-0.2, -0.15) is 13.9 Å². The lowest BCUT2D eigenvalue weighted by Gasteiger charge is -2.14. The summed E-state index contributed by atoms with van der Waals surface area (Å²) in [6.45, 7) is -1.46. The van der Waals surface area contributed by atoms with Crippen LogP contribution in [0.25, 0.3) is 11.3 Å². The normalized spacial score (nSPS) is 19.2. The number of benzene rings is 1. The van der Waals surface area contributed by atoms with Gasteiger partial charge in [-0.25, -0.2) is 0 Å². The summed E-state index contributed by atoms with van der Waals surface area (Å²) in [5, 5.41) is 22.1. The van der Waals surface area contributed by atoms with Gasteiger partial charge in [0.1, 0.15) is 5.75 Å². The number of H-pyrrole nitrogens is 1. The molecule has 142 valence electrons. The molecular formula is C16H19ClF2N4O3. The van der Waals surface area contributed by atoms with Crippen molar-refractivity contribution in [3.8, 4) is 17.0 Å². The van der Waals surface area contributed by atoms with Crippen LogP contribution in [0, 0.1) is 5.92 Å². The van der Waals surface area contributed by atoms with Gasteiger partial charge in [0.05, 0.1) is 23.6 Å². The van der Waals surface area contributed by atoms with Crippen LogP contribution < -0.4 is 15.4 Å². The lowest BCUT2D eigenvalue weighted by Crippen LogP contribution is -2.34. The number of amides is 1. The lowest BCUT2D eigenvalue weighted by atomic mass is 10.1. The Morgan fingerprint density at radius 3 is 2.92 bits per heavy atom. The van der Waals surface area contributed by atoms with Crippen LogP contribution in [0.4, 0.5) is 8.78 Å². The van der Waals surface area contributed by atoms with E-state index in [0.29, 0.717) is 30.9 Å². The van der Waals surface area contributed by atoms with Crippen molar-refractivity contribution >= 4 is 18.3 Å². The van der Waals surface area contributed by atoms with Crippen molar-refractivity contribution in [2.24, 2.45) is 5.92 Å². The van der Waals surface area contributed by atoms with Crippen molar-refractivity contribution in [3.05, 3.63) is 36.0 Å². The molecule has 1 aromatic heterocycles. The molecule has 2 unspecified atom stereocenters. The number of hydrogen-bond donors (Lipinski definition) is 4. The number of aromatic amines is 1. The molecule has 2 atom stereocenters. The summed E-state index contributed by atoms with van der Waals surface area (Å²) in [6.07, 6.45) is 0.876. The van der Waals surface area contributed by atoms with Crippen LogP contribution in [0.3, 0.4) is 0 Å². The highest BCUT2D eigenvalue weighted by atomic mass is 35.5. The fourth-order valence-corrected chi connectivity index (χ4v) is 2.75. The minimum Gasteiger partial charge on any atom is -0.435 e. The maximum Gasteiger partial charge on any atom is 0.387 e. The van der Waals surface area contributed by atoms with Crippen molar-refractivity contribution in [1.82, 2.24) is 20.8 Å². The number of carbonyl (C=O) groups excluding carboxylic acids is 1. The van der Waals surface area contributed by atoms with E-state index in [1.807, 2.05) is 0 Å². The number of ether oxygens (including phenoxy) is 1. The molecule has 1 aliphatic rings. The molecule has 26 heavy (non-hydrogen) atoms. The summed E-state index contributed by atoms with van der Waals surface area (Å²) in [5.74, 6) is -0.418. The molecule has 3 rings (SSSR count). The minimum atomic E-state index is -2.92. The van der Waals surface area contributed by atoms with Gasteiger partial charge in [-0.3, -0.25) is 9.89 Å². The number of β-amino-alcohol motifs (C(OH)–C–C–N with tert-alkyl or cyclic N) is 1. The summed E-state index contributed by atoms with van der Waals surface area (Å²) in [4.78, 5) is 12.4. The topological polar surface area (TPSA) is 99.3 Å². The van der Waals surface area contributed by atoms with Crippen LogP contribution in [0.1, 0.15) is 10.4 Å². The highest BCUT2D eigenvalue weighted by Gasteiger charge is 2.26. The first-order valence-corrected chi connectivity index (χ1v) is 7.80. The van der Waals surface area contributed by atoms with Gasteiger partial charge in [-0.1, -0.05) is 12.1 Å². The Morgan fingerprint density at radius 1 is 1.42 bits per heavy atom. The van der Waals surface area contributed by atoms with Crippen LogP contribution >= 0.6 is 12.4 Å². The van der Waals surface area contributed by atoms with E-state index in [1.165, 1.54) is 18.3 Å². The number of alkyl halides is 2. The number of aliphatic hydroxyl groups is 1. The zero-order chi connectivity index (χ0) is 17.8. The SMILES string of the molecule is Cl.O=C(NCC1CNCC1O)c1cn[nH]c1-c1cccc(OC(F)F)c1. The molecule has 1 amide bonds. The molecule has 2 heterocycles. The number of rotatable bonds is 6. The van der Waals surface area contributed by atoms with Crippen LogP contribution in [-0.4, -0.2) is 53.6 Å². The van der Waals surface area contributed by atoms with Crippen LogP contribution in [-0.2, 0) is 0 Å². The van der Waals surface area contributed by atoms with Gasteiger partial charge in [-0.05, 0) is 12.1 Å². The monoisotopic (exact) mass is 388 g/mol. The third-order valence-electron chi connectivity index (χ3n) is 4.06. The van der Waals surface area contributed by atoms with E-state index in [4.69, 9.17) is 0 Å². The van der Waals surface area contributed by atoms with E-state index in [9.17, 15) is 18.7 Å². The molecule has 2 aromatic rings. The summed E-state index contributed by atoms with van der Waals surface area (Å²) >= 11 is 0. The van der Waals surface area contributed by atoms with Crippen LogP contribution in [0.15, 0.2) is 30.5 Å². The quantitative estimate of drug-likeness (QED) is 0.599. The van der Waals surface area contributed by atoms with E-state index >= 15 is 0 Å². The maximum absolute atomic E-state index is 12.4. The van der Waals surface area contributed by atoms with Gasteiger partial charge >= 0.3 is 6.61 Å². The van der Waals surface area contributed by atoms with E-state index < -0.39 is 12.7 Å². The largest absolute Gasteiger partial charge is 0.435 e. The highest BCUT2D eigenvalue weighted by molar-refractivity contribution is 5.99. The van der Waals surface area contributed by atoms with Crippen molar-refractivity contribution in [1.29, 1.82) is 0 Å². The Morgan fingerprint density at radius 2 is 2.23 bits per heavy atom. The first-order chi connectivity index (χ1) is 12.0. The summed E-state index contributed by atoms with van der Waals surface area (Å²) < 4.78 is 29.1. The van der Waals surface area contributed by atoms with Gasteiger partial charge in [0.15, 0.2) is 0 Å². The average molecular weight is 389 g/mol. The second kappa shape index (κ2) is 8.93. The van der Waals surface area contributed by atoms with E-state index in [-0.39, 0.29) is 35.5 Å². The minimum absolute atomic E-state index is 0. The standard InChI is InChI=1S/C16H18F2N4O3.ClH/c17-16(18)25-11-3-1-2-9(4-11)14-12(7-21-22-14)15(24)20-6-10-5-19-8-13(10)23;/h1-4,7,10,13,16,19,23H,5-6,8H2,(H,20,24)(H,21,22);1H. The molecule has 0 spiro atoms. The molecule has 1 aromatic carbocycles. The fraction of sp³-hybridized carbons (Fsp3) is 0.375. The Hall–Kier alpha value is -2.23. The van der Waals surface area contributed by atoms with Gasteiger partial charge in [0.25, 0.3) is 5.91 Å². The van der Waals surface area contributed by atoms with Crippen LogP contribution in [0.2, 0.25) is 0 Å². The Labute approximate surface area is 154 Å². The molecule has 7 nitrogen and oxygen atoms in total. The molecule has 1 aliphatic heterocycles. The molecule has 10 heteroatoms. The Kier molecular flexibility index (Phi) is 6.90. The molecule has 4 N–H and O–H groups in total. The number of nitrogens with zero attached hydrogens (tertiary/aromatic N) is 1. The predicted molar refractivity (Wildman–Crippen MR) is 92.6 cm³/mol. The molecule has 0 saturated carbocycles. The average Bonchev–Trinajstić information content (AvgIpc) is 3.21. The predicted octanol–water partition coefficient (Wildman–Crippen LogP) is 1.41. The fourth-order valence-electron chi connectivity index (χ4n) is 2.75. The highest BCUT2D eigenvalue weighted by Crippen LogP contribution is 2.26. The molecule has 0 aliphatic carbocycles. The summed E-state index contributed by atoms with van der Waals surface area (Å²) in [6, 6.07) is 6.02. The number of aliphatic hydroxyl groups excluding tert-OH is 1. The zero-order valence-corrected chi connectivity index (χ0v) is 14.4. The lowest BCUT2D eigenvalue weighted by molar-refractivity contribution is -0.0498. The smallest absolute Gasteiger partial charge is 0.387 e. The van der Waals surface area contributed by atoms with Crippen molar-refractivity contribution in [2.45, 2.75) is 12.7 Å². The van der Waals surface area contributed by atoms with E-state index in [0.717, 1.165) is 0 Å². The number of hydrogen-bond acceptors (Lipinski definition) is 5. The number of nitrogens with one attached hydrogen (secondary N) is 3. The number of carbonyl (C=O) groups is 1. The van der Waals surface area contributed by atoms with Gasteiger partial charge in [0.2, 0.25) is 0 Å². The number of halogens is 3. The van der Waals surface area contributed by atoms with Gasteiger partial charge < -0.3 is 20.5 Å². The van der Waals surface area contributed by atoms with E-state index in [1.54, 1.807) is 12.1 Å². The third kappa shape index (κ3) is 4.69. The first-order valence-electron chi connectivity index (χ1n) is 7.80. The maximum atomic E-state index is 12.4.